The lowest BCUT2D eigenvalue weighted by molar-refractivity contribution is 0.418. The molecule has 0 saturated heterocycles. The fraction of sp³-hybridized carbons (Fsp3) is 0.615. The van der Waals surface area contributed by atoms with Gasteiger partial charge in [-0.05, 0) is 43.4 Å². The number of fused-ring (bicyclic) bond motifs is 1. The van der Waals surface area contributed by atoms with Crippen molar-refractivity contribution in [3.63, 3.8) is 0 Å². The first-order valence-corrected chi connectivity index (χ1v) is 5.94. The summed E-state index contributed by atoms with van der Waals surface area (Å²) in [6, 6.07) is 4.74. The number of pyridine rings is 1. The zero-order chi connectivity index (χ0) is 10.7. The summed E-state index contributed by atoms with van der Waals surface area (Å²) < 4.78 is 0. The van der Waals surface area contributed by atoms with Crippen LogP contribution in [0.1, 0.15) is 44.0 Å². The van der Waals surface area contributed by atoms with Gasteiger partial charge in [0, 0.05) is 12.2 Å². The van der Waals surface area contributed by atoms with Gasteiger partial charge in [-0.2, -0.15) is 0 Å². The summed E-state index contributed by atoms with van der Waals surface area (Å²) in [5.41, 5.74) is 2.72. The zero-order valence-electron chi connectivity index (χ0n) is 9.66. The molecule has 1 unspecified atom stereocenters. The van der Waals surface area contributed by atoms with E-state index in [1.165, 1.54) is 30.5 Å². The van der Waals surface area contributed by atoms with Crippen LogP contribution in [-0.4, -0.2) is 11.5 Å². The number of rotatable bonds is 3. The molecule has 82 valence electrons. The zero-order valence-corrected chi connectivity index (χ0v) is 9.66. The molecule has 0 amide bonds. The van der Waals surface area contributed by atoms with E-state index in [4.69, 9.17) is 0 Å². The summed E-state index contributed by atoms with van der Waals surface area (Å²) >= 11 is 0. The predicted molar refractivity (Wildman–Crippen MR) is 62.8 cm³/mol. The molecule has 2 nitrogen and oxygen atoms in total. The Hall–Kier alpha value is -0.890. The lowest BCUT2D eigenvalue weighted by Gasteiger charge is -2.25. The first-order valence-electron chi connectivity index (χ1n) is 5.94. The van der Waals surface area contributed by atoms with Crippen LogP contribution in [0.5, 0.6) is 0 Å². The maximum Gasteiger partial charge on any atom is 0.0605 e. The fourth-order valence-electron chi connectivity index (χ4n) is 2.19. The van der Waals surface area contributed by atoms with Gasteiger partial charge in [-0.15, -0.1) is 0 Å². The van der Waals surface area contributed by atoms with Crippen LogP contribution in [0.3, 0.4) is 0 Å². The fourth-order valence-corrected chi connectivity index (χ4v) is 2.19. The number of hydrogen-bond donors (Lipinski definition) is 1. The third-order valence-corrected chi connectivity index (χ3v) is 2.97. The summed E-state index contributed by atoms with van der Waals surface area (Å²) in [6.07, 6.45) is 5.63. The van der Waals surface area contributed by atoms with E-state index in [9.17, 15) is 0 Å². The Morgan fingerprint density at radius 3 is 3.20 bits per heavy atom. The van der Waals surface area contributed by atoms with E-state index in [2.05, 4.69) is 30.2 Å². The van der Waals surface area contributed by atoms with Gasteiger partial charge in [0.25, 0.3) is 0 Å². The van der Waals surface area contributed by atoms with Crippen molar-refractivity contribution in [1.82, 2.24) is 10.3 Å². The van der Waals surface area contributed by atoms with E-state index in [1.54, 1.807) is 0 Å². The number of nitrogens with zero attached hydrogens (tertiary/aromatic N) is 1. The molecule has 1 aromatic heterocycles. The van der Waals surface area contributed by atoms with Gasteiger partial charge >= 0.3 is 0 Å². The average molecular weight is 204 g/mol. The maximum absolute atomic E-state index is 4.52. The van der Waals surface area contributed by atoms with E-state index in [1.807, 2.05) is 12.3 Å². The van der Waals surface area contributed by atoms with Crippen molar-refractivity contribution in [3.05, 3.63) is 29.6 Å². The lowest BCUT2D eigenvalue weighted by Crippen LogP contribution is -2.29. The highest BCUT2D eigenvalue weighted by atomic mass is 14.9. The third-order valence-electron chi connectivity index (χ3n) is 2.97. The van der Waals surface area contributed by atoms with Crippen LogP contribution in [0.25, 0.3) is 0 Å². The average Bonchev–Trinajstić information content (AvgIpc) is 2.26. The largest absolute Gasteiger partial charge is 0.308 e. The molecule has 1 N–H and O–H groups in total. The van der Waals surface area contributed by atoms with Crippen LogP contribution in [0, 0.1) is 5.92 Å². The first-order chi connectivity index (χ1) is 7.27. The van der Waals surface area contributed by atoms with E-state index in [-0.39, 0.29) is 0 Å². The summed E-state index contributed by atoms with van der Waals surface area (Å²) in [5.74, 6) is 0.707. The molecule has 0 aromatic carbocycles. The minimum Gasteiger partial charge on any atom is -0.308 e. The van der Waals surface area contributed by atoms with Crippen molar-refractivity contribution in [3.8, 4) is 0 Å². The molecular weight excluding hydrogens is 184 g/mol. The van der Waals surface area contributed by atoms with Crippen LogP contribution in [-0.2, 0) is 6.42 Å². The van der Waals surface area contributed by atoms with Gasteiger partial charge in [-0.1, -0.05) is 19.9 Å². The Morgan fingerprint density at radius 1 is 1.53 bits per heavy atom. The molecule has 0 fully saturated rings. The molecular formula is C13H20N2. The second-order valence-corrected chi connectivity index (χ2v) is 4.79. The number of aromatic nitrogens is 1. The molecule has 2 heteroatoms. The van der Waals surface area contributed by atoms with E-state index >= 15 is 0 Å². The highest BCUT2D eigenvalue weighted by molar-refractivity contribution is 5.25. The van der Waals surface area contributed by atoms with Gasteiger partial charge in [0.1, 0.15) is 0 Å². The van der Waals surface area contributed by atoms with Crippen molar-refractivity contribution >= 4 is 0 Å². The van der Waals surface area contributed by atoms with Crippen LogP contribution >= 0.6 is 0 Å². The standard InChI is InChI=1S/C13H20N2/c1-10(2)9-15-12-7-3-5-11-6-4-8-14-13(11)12/h4,6,8,10,12,15H,3,5,7,9H2,1-2H3. The van der Waals surface area contributed by atoms with E-state index in [0.717, 1.165) is 6.54 Å². The molecule has 1 aromatic rings. The Balaban J connectivity index is 2.08. The molecule has 1 aliphatic rings. The maximum atomic E-state index is 4.52. The second-order valence-electron chi connectivity index (χ2n) is 4.79. The molecule has 1 atom stereocenters. The number of aryl methyl sites for hydroxylation is 1. The minimum absolute atomic E-state index is 0.484. The van der Waals surface area contributed by atoms with Gasteiger partial charge in [0.2, 0.25) is 0 Å². The topological polar surface area (TPSA) is 24.9 Å². The Kier molecular flexibility index (Phi) is 3.37. The molecule has 0 spiro atoms. The van der Waals surface area contributed by atoms with Crippen LogP contribution in [0.2, 0.25) is 0 Å². The first kappa shape index (κ1) is 10.6. The monoisotopic (exact) mass is 204 g/mol. The molecule has 0 bridgehead atoms. The van der Waals surface area contributed by atoms with Gasteiger partial charge < -0.3 is 5.32 Å². The van der Waals surface area contributed by atoms with Crippen molar-refractivity contribution in [2.24, 2.45) is 5.92 Å². The smallest absolute Gasteiger partial charge is 0.0605 e. The van der Waals surface area contributed by atoms with Gasteiger partial charge in [-0.25, -0.2) is 0 Å². The van der Waals surface area contributed by atoms with Crippen molar-refractivity contribution in [1.29, 1.82) is 0 Å². The van der Waals surface area contributed by atoms with E-state index < -0.39 is 0 Å². The summed E-state index contributed by atoms with van der Waals surface area (Å²) in [5, 5.41) is 3.61. The lowest BCUT2D eigenvalue weighted by atomic mass is 9.91. The SMILES string of the molecule is CC(C)CNC1CCCc2cccnc21. The Morgan fingerprint density at radius 2 is 2.40 bits per heavy atom. The van der Waals surface area contributed by atoms with Crippen molar-refractivity contribution in [2.45, 2.75) is 39.2 Å². The van der Waals surface area contributed by atoms with Crippen LogP contribution in [0.15, 0.2) is 18.3 Å². The molecule has 1 heterocycles. The number of nitrogens with one attached hydrogen (secondary N) is 1. The molecule has 0 radical (unpaired) electrons. The molecule has 0 aliphatic heterocycles. The molecule has 15 heavy (non-hydrogen) atoms. The summed E-state index contributed by atoms with van der Waals surface area (Å²) in [7, 11) is 0. The van der Waals surface area contributed by atoms with Crippen molar-refractivity contribution in [2.75, 3.05) is 6.54 Å². The predicted octanol–water partition coefficient (Wildman–Crippen LogP) is 2.70. The van der Waals surface area contributed by atoms with Gasteiger partial charge in [0.05, 0.1) is 5.69 Å². The number of hydrogen-bond acceptors (Lipinski definition) is 2. The summed E-state index contributed by atoms with van der Waals surface area (Å²) in [4.78, 5) is 4.52. The Labute approximate surface area is 92.1 Å². The minimum atomic E-state index is 0.484. The third kappa shape index (κ3) is 2.57. The van der Waals surface area contributed by atoms with Crippen LogP contribution in [0.4, 0.5) is 0 Å². The van der Waals surface area contributed by atoms with Gasteiger partial charge in [-0.3, -0.25) is 4.98 Å². The van der Waals surface area contributed by atoms with Gasteiger partial charge in [0.15, 0.2) is 0 Å². The normalized spacial score (nSPS) is 20.3. The highest BCUT2D eigenvalue weighted by Gasteiger charge is 2.20. The highest BCUT2D eigenvalue weighted by Crippen LogP contribution is 2.27. The quantitative estimate of drug-likeness (QED) is 0.819. The molecule has 2 rings (SSSR count). The van der Waals surface area contributed by atoms with Crippen molar-refractivity contribution < 1.29 is 0 Å². The Bertz CT molecular complexity index is 320. The summed E-state index contributed by atoms with van der Waals surface area (Å²) in [6.45, 7) is 5.57. The van der Waals surface area contributed by atoms with Crippen LogP contribution < -0.4 is 5.32 Å². The molecule has 1 aliphatic carbocycles. The molecule has 0 saturated carbocycles. The second kappa shape index (κ2) is 4.75. The van der Waals surface area contributed by atoms with E-state index in [0.29, 0.717) is 12.0 Å².